The average Bonchev–Trinajstić information content (AvgIpc) is 3.39. The Kier molecular flexibility index (Phi) is 5.86. The normalized spacial score (nSPS) is 19.5. The molecule has 154 valence electrons. The van der Waals surface area contributed by atoms with Crippen molar-refractivity contribution >= 4 is 16.9 Å². The lowest BCUT2D eigenvalue weighted by Gasteiger charge is -2.29. The second kappa shape index (κ2) is 8.71. The number of aromatic nitrogens is 5. The molecule has 1 amide bonds. The number of methoxy groups -OCH3 is 1. The molecule has 29 heavy (non-hydrogen) atoms. The first kappa shape index (κ1) is 19.5. The third-order valence-corrected chi connectivity index (χ3v) is 5.31. The van der Waals surface area contributed by atoms with E-state index in [9.17, 15) is 4.79 Å². The van der Waals surface area contributed by atoms with Gasteiger partial charge in [-0.2, -0.15) is 0 Å². The fraction of sp³-hybridized carbons (Fsp3) is 0.500. The molecule has 0 atom stereocenters. The molecule has 3 aromatic rings. The van der Waals surface area contributed by atoms with Crippen molar-refractivity contribution in [2.45, 2.75) is 37.8 Å². The highest BCUT2D eigenvalue weighted by molar-refractivity contribution is 6.03. The van der Waals surface area contributed by atoms with Crippen LogP contribution in [0.1, 0.15) is 36.2 Å². The van der Waals surface area contributed by atoms with Crippen molar-refractivity contribution in [2.24, 2.45) is 7.05 Å². The second-order valence-electron chi connectivity index (χ2n) is 7.31. The Morgan fingerprint density at radius 3 is 2.76 bits per heavy atom. The molecule has 3 heterocycles. The van der Waals surface area contributed by atoms with Gasteiger partial charge in [-0.05, 0) is 31.7 Å². The number of hydrogen-bond acceptors (Lipinski definition) is 6. The van der Waals surface area contributed by atoms with Crippen molar-refractivity contribution in [3.05, 3.63) is 36.7 Å². The molecule has 1 aliphatic carbocycles. The molecule has 9 heteroatoms. The monoisotopic (exact) mass is 398 g/mol. The largest absolute Gasteiger partial charge is 0.382 e. The van der Waals surface area contributed by atoms with Crippen molar-refractivity contribution in [3.63, 3.8) is 0 Å². The van der Waals surface area contributed by atoms with E-state index in [0.717, 1.165) is 36.7 Å². The number of rotatable bonds is 7. The molecule has 1 aliphatic rings. The summed E-state index contributed by atoms with van der Waals surface area (Å²) < 4.78 is 14.4. The summed E-state index contributed by atoms with van der Waals surface area (Å²) in [5.74, 6) is 0.255. The minimum absolute atomic E-state index is 0.117. The molecule has 0 saturated heterocycles. The number of fused-ring (bicyclic) bond motifs is 1. The van der Waals surface area contributed by atoms with Gasteiger partial charge in [-0.25, -0.2) is 15.0 Å². The Morgan fingerprint density at radius 2 is 2.03 bits per heavy atom. The highest BCUT2D eigenvalue weighted by Gasteiger charge is 2.25. The van der Waals surface area contributed by atoms with Crippen molar-refractivity contribution in [3.8, 4) is 5.95 Å². The molecular formula is C20H26N6O3. The predicted molar refractivity (Wildman–Crippen MR) is 107 cm³/mol. The molecule has 0 unspecified atom stereocenters. The molecule has 0 aliphatic heterocycles. The van der Waals surface area contributed by atoms with Gasteiger partial charge < -0.3 is 19.4 Å². The lowest BCUT2D eigenvalue weighted by Crippen LogP contribution is -2.39. The zero-order valence-electron chi connectivity index (χ0n) is 16.7. The van der Waals surface area contributed by atoms with Crippen LogP contribution in [-0.2, 0) is 16.5 Å². The van der Waals surface area contributed by atoms with E-state index in [1.165, 1.54) is 0 Å². The Hall–Kier alpha value is -2.78. The third kappa shape index (κ3) is 4.30. The van der Waals surface area contributed by atoms with Crippen molar-refractivity contribution < 1.29 is 14.3 Å². The van der Waals surface area contributed by atoms with Crippen LogP contribution in [0.3, 0.4) is 0 Å². The summed E-state index contributed by atoms with van der Waals surface area (Å²) in [6.45, 7) is 1.22. The fourth-order valence-corrected chi connectivity index (χ4v) is 3.76. The number of hydrogen-bond donors (Lipinski definition) is 1. The van der Waals surface area contributed by atoms with Crippen molar-refractivity contribution in [2.75, 3.05) is 20.3 Å². The molecule has 0 spiro atoms. The van der Waals surface area contributed by atoms with Gasteiger partial charge in [0.1, 0.15) is 6.33 Å². The molecule has 1 fully saturated rings. The Balaban J connectivity index is 1.48. The summed E-state index contributed by atoms with van der Waals surface area (Å²) in [4.78, 5) is 26.3. The molecule has 0 aromatic carbocycles. The van der Waals surface area contributed by atoms with E-state index >= 15 is 0 Å². The summed E-state index contributed by atoms with van der Waals surface area (Å²) in [5.41, 5.74) is 1.83. The van der Waals surface area contributed by atoms with Gasteiger partial charge in [-0.3, -0.25) is 9.36 Å². The zero-order chi connectivity index (χ0) is 20.2. The minimum atomic E-state index is -0.177. The molecule has 4 rings (SSSR count). The van der Waals surface area contributed by atoms with Gasteiger partial charge in [-0.15, -0.1) is 0 Å². The first-order valence-corrected chi connectivity index (χ1v) is 9.88. The highest BCUT2D eigenvalue weighted by atomic mass is 16.5. The molecular weight excluding hydrogens is 372 g/mol. The summed E-state index contributed by atoms with van der Waals surface area (Å²) in [6.07, 6.45) is 10.8. The lowest BCUT2D eigenvalue weighted by molar-refractivity contribution is -0.00409. The van der Waals surface area contributed by atoms with Gasteiger partial charge >= 0.3 is 0 Å². The van der Waals surface area contributed by atoms with Crippen LogP contribution in [-0.4, -0.2) is 62.5 Å². The minimum Gasteiger partial charge on any atom is -0.382 e. The zero-order valence-corrected chi connectivity index (χ0v) is 16.7. The quantitative estimate of drug-likeness (QED) is 0.610. The van der Waals surface area contributed by atoms with Crippen LogP contribution >= 0.6 is 0 Å². The summed E-state index contributed by atoms with van der Waals surface area (Å²) in [5, 5.41) is 3.16. The van der Waals surface area contributed by atoms with Crippen LogP contribution in [0.4, 0.5) is 0 Å². The number of imidazole rings is 1. The number of nitrogens with zero attached hydrogens (tertiary/aromatic N) is 5. The van der Waals surface area contributed by atoms with Gasteiger partial charge in [0, 0.05) is 38.8 Å². The van der Waals surface area contributed by atoms with Gasteiger partial charge in [0.2, 0.25) is 5.95 Å². The molecule has 0 bridgehead atoms. The van der Waals surface area contributed by atoms with Crippen LogP contribution in [0.15, 0.2) is 31.0 Å². The SMILES string of the molecule is COCCO[C@H]1CC[C@H](NC(=O)c2nc(-n3ccnc3)nc3ccn(C)c23)CC1. The molecule has 3 aromatic heterocycles. The predicted octanol–water partition coefficient (Wildman–Crippen LogP) is 1.86. The van der Waals surface area contributed by atoms with Crippen molar-refractivity contribution in [1.29, 1.82) is 0 Å². The maximum absolute atomic E-state index is 13.1. The van der Waals surface area contributed by atoms with E-state index in [1.54, 1.807) is 30.4 Å². The Morgan fingerprint density at radius 1 is 1.21 bits per heavy atom. The lowest BCUT2D eigenvalue weighted by atomic mass is 9.93. The van der Waals surface area contributed by atoms with Crippen LogP contribution in [0, 0.1) is 0 Å². The smallest absolute Gasteiger partial charge is 0.272 e. The first-order valence-electron chi connectivity index (χ1n) is 9.88. The number of carbonyl (C=O) groups excluding carboxylic acids is 1. The van der Waals surface area contributed by atoms with E-state index in [1.807, 2.05) is 23.9 Å². The van der Waals surface area contributed by atoms with Gasteiger partial charge in [-0.1, -0.05) is 0 Å². The third-order valence-electron chi connectivity index (χ3n) is 5.31. The van der Waals surface area contributed by atoms with Gasteiger partial charge in [0.25, 0.3) is 5.91 Å². The molecule has 1 N–H and O–H groups in total. The van der Waals surface area contributed by atoms with Crippen molar-refractivity contribution in [1.82, 2.24) is 29.4 Å². The van der Waals surface area contributed by atoms with E-state index in [-0.39, 0.29) is 18.1 Å². The number of aryl methyl sites for hydroxylation is 1. The number of nitrogens with one attached hydrogen (secondary N) is 1. The van der Waals surface area contributed by atoms with Gasteiger partial charge in [0.05, 0.1) is 30.4 Å². The van der Waals surface area contributed by atoms with Crippen LogP contribution < -0.4 is 5.32 Å². The molecule has 1 saturated carbocycles. The van der Waals surface area contributed by atoms with E-state index in [2.05, 4.69) is 20.3 Å². The Bertz CT molecular complexity index is 960. The van der Waals surface area contributed by atoms with Crippen LogP contribution in [0.5, 0.6) is 0 Å². The highest BCUT2D eigenvalue weighted by Crippen LogP contribution is 2.23. The molecule has 0 radical (unpaired) electrons. The summed E-state index contributed by atoms with van der Waals surface area (Å²) in [6, 6.07) is 2.00. The topological polar surface area (TPSA) is 96.1 Å². The number of amides is 1. The maximum atomic E-state index is 13.1. The van der Waals surface area contributed by atoms with E-state index in [4.69, 9.17) is 9.47 Å². The molecule has 9 nitrogen and oxygen atoms in total. The van der Waals surface area contributed by atoms with Gasteiger partial charge in [0.15, 0.2) is 5.69 Å². The standard InChI is InChI=1S/C20H26N6O3/c1-25-9-7-16-18(25)17(24-20(23-16)26-10-8-21-13-26)19(27)22-14-3-5-15(6-4-14)29-12-11-28-2/h7-10,13-15H,3-6,11-12H2,1-2H3,(H,22,27)/t14-,15-. The second-order valence-corrected chi connectivity index (χ2v) is 7.31. The first-order chi connectivity index (χ1) is 14.2. The van der Waals surface area contributed by atoms with Crippen LogP contribution in [0.2, 0.25) is 0 Å². The average molecular weight is 398 g/mol. The number of carbonyl (C=O) groups is 1. The fourth-order valence-electron chi connectivity index (χ4n) is 3.76. The van der Waals surface area contributed by atoms with Crippen LogP contribution in [0.25, 0.3) is 17.0 Å². The van der Waals surface area contributed by atoms with E-state index < -0.39 is 0 Å². The summed E-state index contributed by atoms with van der Waals surface area (Å²) in [7, 11) is 3.56. The number of ether oxygens (including phenoxy) is 2. The Labute approximate surface area is 169 Å². The van der Waals surface area contributed by atoms with E-state index in [0.29, 0.717) is 24.9 Å². The summed E-state index contributed by atoms with van der Waals surface area (Å²) >= 11 is 0. The maximum Gasteiger partial charge on any atom is 0.272 e.